The molecule has 0 aliphatic carbocycles. The van der Waals surface area contributed by atoms with E-state index >= 15 is 0 Å². The van der Waals surface area contributed by atoms with E-state index in [2.05, 4.69) is 0 Å². The summed E-state index contributed by atoms with van der Waals surface area (Å²) in [4.78, 5) is 26.8. The molecule has 8 heteroatoms. The number of furan rings is 1. The molecule has 1 aromatic carbocycles. The highest BCUT2D eigenvalue weighted by Crippen LogP contribution is 2.41. The Kier molecular flexibility index (Phi) is 6.03. The number of hydrogen-bond acceptors (Lipinski definition) is 6. The van der Waals surface area contributed by atoms with Crippen LogP contribution in [-0.4, -0.2) is 48.1 Å². The average molecular weight is 403 g/mol. The maximum Gasteiger partial charge on any atom is 0.295 e. The number of rotatable bonds is 7. The minimum absolute atomic E-state index is 0.0273. The van der Waals surface area contributed by atoms with Gasteiger partial charge in [0.1, 0.15) is 29.1 Å². The molecule has 0 radical (unpaired) electrons. The molecule has 1 unspecified atom stereocenters. The summed E-state index contributed by atoms with van der Waals surface area (Å²) in [6.45, 7) is 4.03. The zero-order valence-corrected chi connectivity index (χ0v) is 16.3. The lowest BCUT2D eigenvalue weighted by Crippen LogP contribution is -2.33. The van der Waals surface area contributed by atoms with Crippen LogP contribution in [0.5, 0.6) is 5.75 Å². The van der Waals surface area contributed by atoms with Crippen LogP contribution in [0.1, 0.15) is 31.2 Å². The summed E-state index contributed by atoms with van der Waals surface area (Å²) < 4.78 is 29.9. The summed E-state index contributed by atoms with van der Waals surface area (Å²) in [6, 6.07) is 5.79. The second-order valence-corrected chi connectivity index (χ2v) is 6.77. The summed E-state index contributed by atoms with van der Waals surface area (Å²) in [6.07, 6.45) is 1.36. The van der Waals surface area contributed by atoms with Crippen molar-refractivity contribution in [3.63, 3.8) is 0 Å². The Labute approximate surface area is 167 Å². The first kappa shape index (κ1) is 20.6. The number of carbonyl (C=O) groups excluding carboxylic acids is 2. The summed E-state index contributed by atoms with van der Waals surface area (Å²) in [7, 11) is 1.36. The molecule has 3 rings (SSSR count). The lowest BCUT2D eigenvalue weighted by atomic mass is 9.98. The van der Waals surface area contributed by atoms with E-state index < -0.39 is 29.3 Å². The van der Waals surface area contributed by atoms with Crippen LogP contribution in [0.3, 0.4) is 0 Å². The van der Waals surface area contributed by atoms with Crippen molar-refractivity contribution in [1.29, 1.82) is 0 Å². The van der Waals surface area contributed by atoms with Crippen LogP contribution in [-0.2, 0) is 14.3 Å². The van der Waals surface area contributed by atoms with Gasteiger partial charge in [-0.2, -0.15) is 0 Å². The van der Waals surface area contributed by atoms with Gasteiger partial charge in [-0.05, 0) is 44.2 Å². The summed E-state index contributed by atoms with van der Waals surface area (Å²) in [5.74, 6) is -2.38. The van der Waals surface area contributed by atoms with Crippen LogP contribution in [0, 0.1) is 5.82 Å². The van der Waals surface area contributed by atoms with Gasteiger partial charge >= 0.3 is 0 Å². The zero-order chi connectivity index (χ0) is 21.1. The molecule has 154 valence electrons. The third-order valence-electron chi connectivity index (χ3n) is 4.55. The standard InChI is InChI=1S/C21H22FNO6/c1-12(2)28-10-8-23-18(16-5-4-9-29-16)17(20(25)21(23)26)19(24)14-11-13(22)6-7-15(14)27-3/h4-7,9,11-12,18,24H,8,10H2,1-3H3/b19-17-. The molecule has 2 heterocycles. The molecular formula is C21H22FNO6. The Hall–Kier alpha value is -3.13. The minimum atomic E-state index is -0.964. The smallest absolute Gasteiger partial charge is 0.295 e. The van der Waals surface area contributed by atoms with Gasteiger partial charge in [0.25, 0.3) is 11.7 Å². The number of Topliss-reactive ketones (excluding diaryl/α,β-unsaturated/α-hetero) is 1. The molecule has 1 atom stereocenters. The normalized spacial score (nSPS) is 18.7. The van der Waals surface area contributed by atoms with E-state index in [0.29, 0.717) is 5.76 Å². The van der Waals surface area contributed by atoms with Crippen molar-refractivity contribution in [3.05, 3.63) is 59.3 Å². The number of amides is 1. The summed E-state index contributed by atoms with van der Waals surface area (Å²) in [5.41, 5.74) is -0.223. The number of likely N-dealkylation sites (tertiary alicyclic amines) is 1. The number of methoxy groups -OCH3 is 1. The first-order valence-corrected chi connectivity index (χ1v) is 9.12. The van der Waals surface area contributed by atoms with E-state index in [1.807, 2.05) is 13.8 Å². The van der Waals surface area contributed by atoms with Crippen LogP contribution in [0.2, 0.25) is 0 Å². The van der Waals surface area contributed by atoms with E-state index in [1.54, 1.807) is 12.1 Å². The maximum atomic E-state index is 13.8. The van der Waals surface area contributed by atoms with Gasteiger partial charge in [-0.3, -0.25) is 9.59 Å². The minimum Gasteiger partial charge on any atom is -0.507 e. The third-order valence-corrected chi connectivity index (χ3v) is 4.55. The van der Waals surface area contributed by atoms with E-state index in [9.17, 15) is 19.1 Å². The molecular weight excluding hydrogens is 381 g/mol. The molecule has 1 fully saturated rings. The van der Waals surface area contributed by atoms with Crippen LogP contribution in [0.25, 0.3) is 5.76 Å². The van der Waals surface area contributed by atoms with Crippen LogP contribution < -0.4 is 4.74 Å². The predicted molar refractivity (Wildman–Crippen MR) is 102 cm³/mol. The molecule has 1 aliphatic heterocycles. The second-order valence-electron chi connectivity index (χ2n) is 6.77. The Morgan fingerprint density at radius 2 is 2.07 bits per heavy atom. The van der Waals surface area contributed by atoms with E-state index in [4.69, 9.17) is 13.9 Å². The molecule has 0 saturated carbocycles. The van der Waals surface area contributed by atoms with E-state index in [0.717, 1.165) is 6.07 Å². The van der Waals surface area contributed by atoms with Crippen LogP contribution in [0.15, 0.2) is 46.6 Å². The highest BCUT2D eigenvalue weighted by atomic mass is 19.1. The Morgan fingerprint density at radius 3 is 2.69 bits per heavy atom. The number of ether oxygens (including phenoxy) is 2. The number of aliphatic hydroxyl groups is 1. The van der Waals surface area contributed by atoms with Gasteiger partial charge in [-0.25, -0.2) is 4.39 Å². The molecule has 0 bridgehead atoms. The number of carbonyl (C=O) groups is 2. The Bertz CT molecular complexity index is 935. The highest BCUT2D eigenvalue weighted by molar-refractivity contribution is 6.46. The van der Waals surface area contributed by atoms with Crippen molar-refractivity contribution in [2.24, 2.45) is 0 Å². The SMILES string of the molecule is COc1ccc(F)cc1/C(O)=C1/C(=O)C(=O)N(CCOC(C)C)C1c1ccco1. The largest absolute Gasteiger partial charge is 0.507 e. The molecule has 1 aliphatic rings. The Balaban J connectivity index is 2.10. The average Bonchev–Trinajstić information content (AvgIpc) is 3.29. The lowest BCUT2D eigenvalue weighted by molar-refractivity contribution is -0.140. The van der Waals surface area contributed by atoms with Crippen LogP contribution >= 0.6 is 0 Å². The van der Waals surface area contributed by atoms with Gasteiger partial charge in [0.05, 0.1) is 37.2 Å². The van der Waals surface area contributed by atoms with E-state index in [-0.39, 0.29) is 36.1 Å². The highest BCUT2D eigenvalue weighted by Gasteiger charge is 2.47. The van der Waals surface area contributed by atoms with Crippen molar-refractivity contribution in [2.75, 3.05) is 20.3 Å². The van der Waals surface area contributed by atoms with Crippen molar-refractivity contribution >= 4 is 17.4 Å². The van der Waals surface area contributed by atoms with Gasteiger partial charge < -0.3 is 23.9 Å². The molecule has 1 aromatic heterocycles. The Morgan fingerprint density at radius 1 is 1.31 bits per heavy atom. The first-order chi connectivity index (χ1) is 13.8. The maximum absolute atomic E-state index is 13.8. The van der Waals surface area contributed by atoms with Gasteiger partial charge in [0.2, 0.25) is 0 Å². The van der Waals surface area contributed by atoms with Crippen molar-refractivity contribution in [1.82, 2.24) is 4.90 Å². The van der Waals surface area contributed by atoms with Gasteiger partial charge in [0, 0.05) is 6.54 Å². The van der Waals surface area contributed by atoms with Crippen molar-refractivity contribution < 1.29 is 33.0 Å². The van der Waals surface area contributed by atoms with E-state index in [1.165, 1.54) is 30.4 Å². The van der Waals surface area contributed by atoms with Gasteiger partial charge in [0.15, 0.2) is 0 Å². The number of aliphatic hydroxyl groups excluding tert-OH is 1. The fourth-order valence-electron chi connectivity index (χ4n) is 3.25. The number of halogens is 1. The number of benzene rings is 1. The second kappa shape index (κ2) is 8.48. The summed E-state index contributed by atoms with van der Waals surface area (Å²) in [5, 5.41) is 10.9. The molecule has 2 aromatic rings. The monoisotopic (exact) mass is 403 g/mol. The quantitative estimate of drug-likeness (QED) is 0.434. The topological polar surface area (TPSA) is 89.2 Å². The number of hydrogen-bond donors (Lipinski definition) is 1. The first-order valence-electron chi connectivity index (χ1n) is 9.12. The van der Waals surface area contributed by atoms with Crippen molar-refractivity contribution in [2.45, 2.75) is 26.0 Å². The molecule has 7 nitrogen and oxygen atoms in total. The summed E-state index contributed by atoms with van der Waals surface area (Å²) >= 11 is 0. The molecule has 1 saturated heterocycles. The predicted octanol–water partition coefficient (Wildman–Crippen LogP) is 3.27. The fourth-order valence-corrected chi connectivity index (χ4v) is 3.25. The molecule has 0 spiro atoms. The number of ketones is 1. The fraction of sp³-hybridized carbons (Fsp3) is 0.333. The molecule has 29 heavy (non-hydrogen) atoms. The van der Waals surface area contributed by atoms with Gasteiger partial charge in [-0.15, -0.1) is 0 Å². The lowest BCUT2D eigenvalue weighted by Gasteiger charge is -2.23. The van der Waals surface area contributed by atoms with Crippen molar-refractivity contribution in [3.8, 4) is 5.75 Å². The number of nitrogens with zero attached hydrogens (tertiary/aromatic N) is 1. The van der Waals surface area contributed by atoms with Gasteiger partial charge in [-0.1, -0.05) is 0 Å². The molecule has 1 N–H and O–H groups in total. The molecule has 1 amide bonds. The zero-order valence-electron chi connectivity index (χ0n) is 16.3. The third kappa shape index (κ3) is 4.02. The van der Waals surface area contributed by atoms with Crippen LogP contribution in [0.4, 0.5) is 4.39 Å².